The molecule has 1 heterocycles. The van der Waals surface area contributed by atoms with Gasteiger partial charge in [0.25, 0.3) is 0 Å². The molecule has 0 aliphatic carbocycles. The zero-order valence-electron chi connectivity index (χ0n) is 9.52. The Morgan fingerprint density at radius 1 is 1.28 bits per heavy atom. The van der Waals surface area contributed by atoms with Crippen molar-refractivity contribution in [3.63, 3.8) is 0 Å². The molecule has 2 unspecified atom stereocenters. The number of aromatic hydroxyl groups is 1. The summed E-state index contributed by atoms with van der Waals surface area (Å²) in [5.41, 5.74) is 6.12. The number of rotatable bonds is 4. The maximum absolute atomic E-state index is 9.84. The largest absolute Gasteiger partial charge is 0.507 e. The summed E-state index contributed by atoms with van der Waals surface area (Å²) in [5.74, 6) is 0.383. The number of phenolic OH excluding ortho intramolecular Hbond substituents is 1. The highest BCUT2D eigenvalue weighted by atomic mass is 16.5. The van der Waals surface area contributed by atoms with Gasteiger partial charge in [0.2, 0.25) is 0 Å². The number of benzene rings is 1. The van der Waals surface area contributed by atoms with Crippen molar-refractivity contribution < 1.29 is 19.8 Å². The van der Waals surface area contributed by atoms with Gasteiger partial charge in [0.05, 0.1) is 17.9 Å². The van der Waals surface area contributed by atoms with Crippen LogP contribution in [0.15, 0.2) is 35.0 Å². The summed E-state index contributed by atoms with van der Waals surface area (Å²) in [6.07, 6.45) is -0.721. The van der Waals surface area contributed by atoms with Gasteiger partial charge in [0, 0.05) is 12.6 Å². The topological polar surface area (TPSA) is 113 Å². The van der Waals surface area contributed by atoms with E-state index in [0.29, 0.717) is 16.9 Å². The molecule has 1 aromatic carbocycles. The van der Waals surface area contributed by atoms with Gasteiger partial charge < -0.3 is 25.6 Å². The smallest absolute Gasteiger partial charge is 0.170 e. The molecule has 0 aliphatic rings. The minimum absolute atomic E-state index is 0.00457. The van der Waals surface area contributed by atoms with E-state index in [-0.39, 0.29) is 12.3 Å². The molecular formula is C12H14N2O4. The first-order valence-corrected chi connectivity index (χ1v) is 5.43. The fourth-order valence-corrected chi connectivity index (χ4v) is 1.64. The van der Waals surface area contributed by atoms with Crippen LogP contribution in [0.25, 0.3) is 11.3 Å². The second-order valence-corrected chi connectivity index (χ2v) is 3.90. The summed E-state index contributed by atoms with van der Waals surface area (Å²) >= 11 is 0. The summed E-state index contributed by atoms with van der Waals surface area (Å²) < 4.78 is 4.94. The maximum atomic E-state index is 9.84. The van der Waals surface area contributed by atoms with Crippen molar-refractivity contribution >= 4 is 0 Å². The minimum atomic E-state index is -1.11. The lowest BCUT2D eigenvalue weighted by atomic mass is 10.0. The molecule has 18 heavy (non-hydrogen) atoms. The Morgan fingerprint density at radius 2 is 2.06 bits per heavy atom. The molecule has 0 spiro atoms. The maximum Gasteiger partial charge on any atom is 0.170 e. The summed E-state index contributed by atoms with van der Waals surface area (Å²) in [6, 6.07) is 6.04. The Kier molecular flexibility index (Phi) is 3.61. The van der Waals surface area contributed by atoms with Crippen molar-refractivity contribution in [1.82, 2.24) is 5.16 Å². The van der Waals surface area contributed by atoms with Gasteiger partial charge in [-0.15, -0.1) is 0 Å². The predicted octanol–water partition coefficient (Wildman–Crippen LogP) is 0.400. The number of phenols is 1. The summed E-state index contributed by atoms with van der Waals surface area (Å²) in [4.78, 5) is 0. The van der Waals surface area contributed by atoms with Crippen LogP contribution in [-0.2, 0) is 0 Å². The molecule has 0 saturated heterocycles. The van der Waals surface area contributed by atoms with Crippen LogP contribution < -0.4 is 5.73 Å². The fourth-order valence-electron chi connectivity index (χ4n) is 1.64. The van der Waals surface area contributed by atoms with Crippen LogP contribution in [-0.4, -0.2) is 33.1 Å². The molecule has 0 radical (unpaired) electrons. The number of hydrogen-bond donors (Lipinski definition) is 4. The van der Waals surface area contributed by atoms with Crippen LogP contribution in [0.3, 0.4) is 0 Å². The van der Waals surface area contributed by atoms with Gasteiger partial charge in [-0.2, -0.15) is 0 Å². The zero-order chi connectivity index (χ0) is 13.1. The second kappa shape index (κ2) is 5.18. The third kappa shape index (κ3) is 2.35. The normalized spacial score (nSPS) is 14.4. The van der Waals surface area contributed by atoms with Gasteiger partial charge in [0.15, 0.2) is 5.76 Å². The molecule has 0 amide bonds. The SMILES string of the molecule is NCC(O)C(O)c1ccc(O)c(-c2ccno2)c1. The van der Waals surface area contributed by atoms with E-state index in [1.807, 2.05) is 0 Å². The van der Waals surface area contributed by atoms with Gasteiger partial charge in [-0.3, -0.25) is 0 Å². The van der Waals surface area contributed by atoms with Crippen LogP contribution in [0.5, 0.6) is 5.75 Å². The van der Waals surface area contributed by atoms with E-state index in [2.05, 4.69) is 5.16 Å². The number of aliphatic hydroxyl groups excluding tert-OH is 2. The second-order valence-electron chi connectivity index (χ2n) is 3.90. The Hall–Kier alpha value is -1.89. The van der Waals surface area contributed by atoms with Gasteiger partial charge in [-0.25, -0.2) is 0 Å². The lowest BCUT2D eigenvalue weighted by molar-refractivity contribution is 0.0243. The monoisotopic (exact) mass is 250 g/mol. The van der Waals surface area contributed by atoms with Crippen LogP contribution in [0.1, 0.15) is 11.7 Å². The van der Waals surface area contributed by atoms with Gasteiger partial charge in [-0.1, -0.05) is 11.2 Å². The molecular weight excluding hydrogens is 236 g/mol. The van der Waals surface area contributed by atoms with E-state index < -0.39 is 12.2 Å². The third-order valence-corrected chi connectivity index (χ3v) is 2.67. The number of nitrogens with zero attached hydrogens (tertiary/aromatic N) is 1. The molecule has 6 heteroatoms. The standard InChI is InChI=1S/C12H14N2O4/c13-6-10(16)12(17)7-1-2-9(15)8(5-7)11-3-4-14-18-11/h1-5,10,12,15-17H,6,13H2. The van der Waals surface area contributed by atoms with E-state index >= 15 is 0 Å². The van der Waals surface area contributed by atoms with Crippen LogP contribution in [0, 0.1) is 0 Å². The molecule has 6 nitrogen and oxygen atoms in total. The zero-order valence-corrected chi connectivity index (χ0v) is 9.52. The van der Waals surface area contributed by atoms with Crippen molar-refractivity contribution in [2.45, 2.75) is 12.2 Å². The molecule has 96 valence electrons. The van der Waals surface area contributed by atoms with Gasteiger partial charge in [-0.05, 0) is 17.7 Å². The molecule has 0 aliphatic heterocycles. The fraction of sp³-hybridized carbons (Fsp3) is 0.250. The average Bonchev–Trinajstić information content (AvgIpc) is 2.91. The Morgan fingerprint density at radius 3 is 2.67 bits per heavy atom. The first-order valence-electron chi connectivity index (χ1n) is 5.43. The van der Waals surface area contributed by atoms with Gasteiger partial charge >= 0.3 is 0 Å². The van der Waals surface area contributed by atoms with E-state index in [1.54, 1.807) is 6.07 Å². The Balaban J connectivity index is 2.38. The van der Waals surface area contributed by atoms with Crippen LogP contribution in [0.2, 0.25) is 0 Å². The molecule has 2 aromatic rings. The highest BCUT2D eigenvalue weighted by Gasteiger charge is 2.19. The van der Waals surface area contributed by atoms with E-state index in [4.69, 9.17) is 10.3 Å². The molecule has 0 bridgehead atoms. The van der Waals surface area contributed by atoms with E-state index in [1.165, 1.54) is 24.4 Å². The molecule has 5 N–H and O–H groups in total. The van der Waals surface area contributed by atoms with Crippen LogP contribution >= 0.6 is 0 Å². The molecule has 1 aromatic heterocycles. The Bertz CT molecular complexity index is 513. The molecule has 2 atom stereocenters. The average molecular weight is 250 g/mol. The van der Waals surface area contributed by atoms with Crippen molar-refractivity contribution in [2.75, 3.05) is 6.54 Å². The summed E-state index contributed by atoms with van der Waals surface area (Å²) in [5, 5.41) is 32.6. The quantitative estimate of drug-likeness (QED) is 0.624. The number of aromatic nitrogens is 1. The van der Waals surface area contributed by atoms with Crippen molar-refractivity contribution in [2.24, 2.45) is 5.73 Å². The molecule has 0 fully saturated rings. The Labute approximate surface area is 103 Å². The lowest BCUT2D eigenvalue weighted by Crippen LogP contribution is -2.27. The highest BCUT2D eigenvalue weighted by molar-refractivity contribution is 5.66. The van der Waals surface area contributed by atoms with Gasteiger partial charge in [0.1, 0.15) is 11.9 Å². The number of hydrogen-bond acceptors (Lipinski definition) is 6. The van der Waals surface area contributed by atoms with E-state index in [9.17, 15) is 15.3 Å². The predicted molar refractivity (Wildman–Crippen MR) is 63.6 cm³/mol. The van der Waals surface area contributed by atoms with E-state index in [0.717, 1.165) is 0 Å². The number of aliphatic hydroxyl groups is 2. The van der Waals surface area contributed by atoms with Crippen molar-refractivity contribution in [3.8, 4) is 17.1 Å². The molecule has 2 rings (SSSR count). The van der Waals surface area contributed by atoms with Crippen LogP contribution in [0.4, 0.5) is 0 Å². The lowest BCUT2D eigenvalue weighted by Gasteiger charge is -2.17. The minimum Gasteiger partial charge on any atom is -0.507 e. The first kappa shape index (κ1) is 12.6. The first-order chi connectivity index (χ1) is 8.63. The molecule has 0 saturated carbocycles. The van der Waals surface area contributed by atoms with Crippen molar-refractivity contribution in [1.29, 1.82) is 0 Å². The van der Waals surface area contributed by atoms with Crippen molar-refractivity contribution in [3.05, 3.63) is 36.0 Å². The highest BCUT2D eigenvalue weighted by Crippen LogP contribution is 2.32. The summed E-state index contributed by atoms with van der Waals surface area (Å²) in [6.45, 7) is -0.0559. The number of nitrogens with two attached hydrogens (primary N) is 1. The third-order valence-electron chi connectivity index (χ3n) is 2.67. The summed E-state index contributed by atoms with van der Waals surface area (Å²) in [7, 11) is 0.